The Balaban J connectivity index is 1.69. The molecule has 0 saturated heterocycles. The van der Waals surface area contributed by atoms with Crippen molar-refractivity contribution in [1.29, 1.82) is 0 Å². The molecular formula is C16H12N4O2S2. The molecule has 0 fully saturated rings. The van der Waals surface area contributed by atoms with Crippen molar-refractivity contribution in [3.05, 3.63) is 66.4 Å². The fraction of sp³-hybridized carbons (Fsp3) is 0. The van der Waals surface area contributed by atoms with Gasteiger partial charge in [0.05, 0.1) is 5.69 Å². The quantitative estimate of drug-likeness (QED) is 0.609. The van der Waals surface area contributed by atoms with Crippen LogP contribution in [0.5, 0.6) is 0 Å². The molecule has 0 aliphatic rings. The van der Waals surface area contributed by atoms with Crippen molar-refractivity contribution in [3.63, 3.8) is 0 Å². The fourth-order valence-electron chi connectivity index (χ4n) is 2.33. The van der Waals surface area contributed by atoms with E-state index < -0.39 is 10.0 Å². The van der Waals surface area contributed by atoms with E-state index in [-0.39, 0.29) is 4.21 Å². The molecule has 0 spiro atoms. The Morgan fingerprint density at radius 1 is 1.12 bits per heavy atom. The lowest BCUT2D eigenvalue weighted by Crippen LogP contribution is -2.11. The summed E-state index contributed by atoms with van der Waals surface area (Å²) in [6.07, 6.45) is 5.40. The third-order valence-electron chi connectivity index (χ3n) is 3.41. The van der Waals surface area contributed by atoms with Crippen LogP contribution in [-0.4, -0.2) is 22.8 Å². The van der Waals surface area contributed by atoms with E-state index in [0.717, 1.165) is 11.3 Å². The predicted molar refractivity (Wildman–Crippen MR) is 93.6 cm³/mol. The topological polar surface area (TPSA) is 76.4 Å². The lowest BCUT2D eigenvalue weighted by molar-refractivity contribution is 0.603. The normalized spacial score (nSPS) is 11.7. The molecule has 0 amide bonds. The van der Waals surface area contributed by atoms with Gasteiger partial charge in [-0.25, -0.2) is 18.4 Å². The van der Waals surface area contributed by atoms with Gasteiger partial charge in [-0.1, -0.05) is 18.2 Å². The molecular weight excluding hydrogens is 344 g/mol. The molecule has 24 heavy (non-hydrogen) atoms. The smallest absolute Gasteiger partial charge is 0.271 e. The molecule has 3 aromatic heterocycles. The van der Waals surface area contributed by atoms with Crippen LogP contribution in [0.2, 0.25) is 0 Å². The van der Waals surface area contributed by atoms with Crippen LogP contribution < -0.4 is 4.72 Å². The molecule has 0 aliphatic carbocycles. The van der Waals surface area contributed by atoms with E-state index in [9.17, 15) is 8.42 Å². The van der Waals surface area contributed by atoms with E-state index in [1.54, 1.807) is 41.9 Å². The van der Waals surface area contributed by atoms with Crippen molar-refractivity contribution in [2.24, 2.45) is 0 Å². The molecule has 3 heterocycles. The molecule has 0 saturated carbocycles. The highest BCUT2D eigenvalue weighted by molar-refractivity contribution is 7.94. The molecule has 0 unspecified atom stereocenters. The Labute approximate surface area is 142 Å². The molecule has 8 heteroatoms. The Morgan fingerprint density at radius 2 is 2.04 bits per heavy atom. The van der Waals surface area contributed by atoms with Gasteiger partial charge < -0.3 is 0 Å². The minimum Gasteiger partial charge on any atom is -0.291 e. The fourth-order valence-corrected chi connectivity index (χ4v) is 4.38. The Kier molecular flexibility index (Phi) is 3.55. The number of nitrogens with zero attached hydrogens (tertiary/aromatic N) is 3. The number of rotatable bonds is 4. The minimum absolute atomic E-state index is 0.282. The van der Waals surface area contributed by atoms with Gasteiger partial charge in [0.25, 0.3) is 10.0 Å². The predicted octanol–water partition coefficient (Wildman–Crippen LogP) is 3.26. The molecule has 1 aromatic carbocycles. The van der Waals surface area contributed by atoms with Gasteiger partial charge in [0.1, 0.15) is 4.21 Å². The average molecular weight is 356 g/mol. The first-order valence-corrected chi connectivity index (χ1v) is 9.45. The second kappa shape index (κ2) is 5.73. The zero-order chi connectivity index (χ0) is 16.6. The number of nitrogens with one attached hydrogen (secondary N) is 1. The van der Waals surface area contributed by atoms with Crippen molar-refractivity contribution in [2.45, 2.75) is 4.21 Å². The maximum Gasteiger partial charge on any atom is 0.271 e. The Hall–Kier alpha value is -2.71. The van der Waals surface area contributed by atoms with Gasteiger partial charge in [-0.2, -0.15) is 0 Å². The molecule has 0 radical (unpaired) electrons. The summed E-state index contributed by atoms with van der Waals surface area (Å²) >= 11 is 1.18. The number of imidazole rings is 1. The van der Waals surface area contributed by atoms with E-state index in [1.165, 1.54) is 11.3 Å². The number of anilines is 1. The van der Waals surface area contributed by atoms with Crippen molar-refractivity contribution in [3.8, 4) is 11.3 Å². The van der Waals surface area contributed by atoms with Crippen LogP contribution in [0.25, 0.3) is 17.0 Å². The first-order chi connectivity index (χ1) is 11.6. The van der Waals surface area contributed by atoms with Crippen LogP contribution >= 0.6 is 11.3 Å². The summed E-state index contributed by atoms with van der Waals surface area (Å²) in [5, 5.41) is 1.73. The summed E-state index contributed by atoms with van der Waals surface area (Å²) in [5.41, 5.74) is 2.03. The second-order valence-corrected chi connectivity index (χ2v) is 7.93. The zero-order valence-corrected chi connectivity index (χ0v) is 14.0. The average Bonchev–Trinajstić information content (AvgIpc) is 3.24. The van der Waals surface area contributed by atoms with Crippen LogP contribution in [0, 0.1) is 0 Å². The first-order valence-electron chi connectivity index (χ1n) is 7.08. The molecule has 4 aromatic rings. The van der Waals surface area contributed by atoms with Crippen LogP contribution in [0.3, 0.4) is 0 Å². The SMILES string of the molecule is O=S(=O)(Nc1cccc(-c2cn3cccnc3n2)c1)c1cccs1. The highest BCUT2D eigenvalue weighted by Gasteiger charge is 2.15. The van der Waals surface area contributed by atoms with E-state index in [0.29, 0.717) is 11.5 Å². The van der Waals surface area contributed by atoms with Gasteiger partial charge in [0.2, 0.25) is 5.78 Å². The third kappa shape index (κ3) is 2.77. The van der Waals surface area contributed by atoms with Gasteiger partial charge in [0.15, 0.2) is 0 Å². The van der Waals surface area contributed by atoms with E-state index in [4.69, 9.17) is 0 Å². The molecule has 6 nitrogen and oxygen atoms in total. The first kappa shape index (κ1) is 14.9. The monoisotopic (exact) mass is 356 g/mol. The summed E-state index contributed by atoms with van der Waals surface area (Å²) in [7, 11) is -3.56. The largest absolute Gasteiger partial charge is 0.291 e. The van der Waals surface area contributed by atoms with Gasteiger partial charge in [0, 0.05) is 29.8 Å². The number of fused-ring (bicyclic) bond motifs is 1. The van der Waals surface area contributed by atoms with Crippen LogP contribution in [0.4, 0.5) is 5.69 Å². The summed E-state index contributed by atoms with van der Waals surface area (Å²) in [6, 6.07) is 12.2. The van der Waals surface area contributed by atoms with E-state index >= 15 is 0 Å². The third-order valence-corrected chi connectivity index (χ3v) is 6.18. The summed E-state index contributed by atoms with van der Waals surface area (Å²) < 4.78 is 29.3. The zero-order valence-electron chi connectivity index (χ0n) is 12.3. The van der Waals surface area contributed by atoms with Gasteiger partial charge in [-0.15, -0.1) is 11.3 Å². The van der Waals surface area contributed by atoms with Gasteiger partial charge in [-0.3, -0.25) is 9.12 Å². The number of hydrogen-bond donors (Lipinski definition) is 1. The number of aromatic nitrogens is 3. The summed E-state index contributed by atoms with van der Waals surface area (Å²) in [5.74, 6) is 0.595. The van der Waals surface area contributed by atoms with Gasteiger partial charge in [-0.05, 0) is 29.6 Å². The highest BCUT2D eigenvalue weighted by atomic mass is 32.2. The number of sulfonamides is 1. The van der Waals surface area contributed by atoms with Crippen LogP contribution in [0.1, 0.15) is 0 Å². The maximum absolute atomic E-state index is 12.3. The highest BCUT2D eigenvalue weighted by Crippen LogP contribution is 2.25. The van der Waals surface area contributed by atoms with Crippen molar-refractivity contribution in [1.82, 2.24) is 14.4 Å². The van der Waals surface area contributed by atoms with Crippen molar-refractivity contribution < 1.29 is 8.42 Å². The summed E-state index contributed by atoms with van der Waals surface area (Å²) in [4.78, 5) is 8.63. The van der Waals surface area contributed by atoms with E-state index in [1.807, 2.05) is 28.9 Å². The summed E-state index contributed by atoms with van der Waals surface area (Å²) in [6.45, 7) is 0. The Bertz CT molecular complexity index is 1070. The molecule has 4 rings (SSSR count). The molecule has 0 aliphatic heterocycles. The lowest BCUT2D eigenvalue weighted by Gasteiger charge is -2.07. The molecule has 0 atom stereocenters. The molecule has 120 valence electrons. The second-order valence-electron chi connectivity index (χ2n) is 5.07. The number of hydrogen-bond acceptors (Lipinski definition) is 5. The van der Waals surface area contributed by atoms with Crippen LogP contribution in [-0.2, 0) is 10.0 Å². The van der Waals surface area contributed by atoms with Crippen molar-refractivity contribution in [2.75, 3.05) is 4.72 Å². The molecule has 0 bridgehead atoms. The van der Waals surface area contributed by atoms with Gasteiger partial charge >= 0.3 is 0 Å². The number of benzene rings is 1. The minimum atomic E-state index is -3.56. The maximum atomic E-state index is 12.3. The van der Waals surface area contributed by atoms with E-state index in [2.05, 4.69) is 14.7 Å². The van der Waals surface area contributed by atoms with Crippen LogP contribution in [0.15, 0.2) is 70.6 Å². The molecule has 1 N–H and O–H groups in total. The number of thiophene rings is 1. The lowest BCUT2D eigenvalue weighted by atomic mass is 10.1. The Morgan fingerprint density at radius 3 is 2.83 bits per heavy atom. The standard InChI is InChI=1S/C16H12N4O2S2/c21-24(22,15-6-2-9-23-15)19-13-5-1-4-12(10-13)14-11-20-8-3-7-17-16(20)18-14/h1-11,19H. The van der Waals surface area contributed by atoms with Crippen molar-refractivity contribution >= 4 is 32.8 Å².